The van der Waals surface area contributed by atoms with Crippen molar-refractivity contribution >= 4 is 85.4 Å². The number of nitrogens with zero attached hydrogens (tertiary/aromatic N) is 9. The molecular formula is C36H47F3N13O9S4+. The number of pyridine rings is 2. The summed E-state index contributed by atoms with van der Waals surface area (Å²) in [7, 11) is -6.64. The molecule has 0 fully saturated rings. The fourth-order valence-electron chi connectivity index (χ4n) is 4.56. The lowest BCUT2D eigenvalue weighted by molar-refractivity contribution is -0.670. The Morgan fingerprint density at radius 1 is 0.754 bits per heavy atom. The molecule has 2 aromatic carbocycles. The minimum atomic E-state index is -5.34. The Labute approximate surface area is 374 Å². The number of alkyl halides is 3. The molecule has 22 nitrogen and oxygen atoms in total. The third kappa shape index (κ3) is 15.1. The lowest BCUT2D eigenvalue weighted by Crippen LogP contribution is -2.28. The average Bonchev–Trinajstić information content (AvgIpc) is 4.09. The van der Waals surface area contributed by atoms with Crippen LogP contribution in [0.4, 0.5) is 36.2 Å². The number of aromatic nitrogens is 8. The maximum Gasteiger partial charge on any atom is 0.523 e. The summed E-state index contributed by atoms with van der Waals surface area (Å²) in [5.41, 5.74) is 3.40. The van der Waals surface area contributed by atoms with Gasteiger partial charge in [-0.25, -0.2) is 36.9 Å². The molecule has 0 saturated heterocycles. The normalized spacial score (nSPS) is 11.7. The number of aryl methyl sites for hydroxylation is 1. The molecule has 0 atom stereocenters. The van der Waals surface area contributed by atoms with Gasteiger partial charge in [-0.1, -0.05) is 0 Å². The van der Waals surface area contributed by atoms with E-state index in [1.807, 2.05) is 49.5 Å². The molecule has 0 radical (unpaired) electrons. The van der Waals surface area contributed by atoms with Crippen LogP contribution in [0.25, 0.3) is 21.8 Å². The van der Waals surface area contributed by atoms with E-state index < -0.39 is 46.1 Å². The summed E-state index contributed by atoms with van der Waals surface area (Å²) >= 11 is 0. The Bertz CT molecular complexity index is 3080. The Hall–Kier alpha value is -6.40. The van der Waals surface area contributed by atoms with Gasteiger partial charge >= 0.3 is 36.0 Å². The van der Waals surface area contributed by atoms with Crippen LogP contribution in [0.1, 0.15) is 6.92 Å². The molecule has 5 aromatic heterocycles. The summed E-state index contributed by atoms with van der Waals surface area (Å²) in [6.45, 7) is 1.59. The first-order chi connectivity index (χ1) is 30.3. The molecule has 0 bridgehead atoms. The lowest BCUT2D eigenvalue weighted by Gasteiger charge is -2.13. The molecule has 0 aliphatic rings. The van der Waals surface area contributed by atoms with Gasteiger partial charge in [-0.15, -0.1) is 3.97 Å². The van der Waals surface area contributed by atoms with E-state index in [9.17, 15) is 46.8 Å². The molecule has 354 valence electrons. The number of imidazole rings is 3. The largest absolute Gasteiger partial charge is 0.523 e. The summed E-state index contributed by atoms with van der Waals surface area (Å²) in [5, 5.41) is 7.89. The van der Waals surface area contributed by atoms with E-state index in [2.05, 4.69) is 39.5 Å². The summed E-state index contributed by atoms with van der Waals surface area (Å²) in [6, 6.07) is 18.6. The van der Waals surface area contributed by atoms with Crippen molar-refractivity contribution in [2.45, 2.75) is 12.4 Å². The Kier molecular flexibility index (Phi) is 18.3. The first kappa shape index (κ1) is 52.9. The monoisotopic (exact) mass is 990 g/mol. The Balaban J connectivity index is 0.000000222. The van der Waals surface area contributed by atoms with E-state index in [-0.39, 0.29) is 5.75 Å². The maximum atomic E-state index is 11.8. The van der Waals surface area contributed by atoms with Gasteiger partial charge in [0.15, 0.2) is 0 Å². The van der Waals surface area contributed by atoms with Gasteiger partial charge in [-0.3, -0.25) is 8.91 Å². The number of nitrogens with one attached hydrogen (secondary N) is 3. The third-order valence-electron chi connectivity index (χ3n) is 8.07. The lowest BCUT2D eigenvalue weighted by atomic mass is 10.2. The predicted molar refractivity (Wildman–Crippen MR) is 240 cm³/mol. The van der Waals surface area contributed by atoms with Crippen LogP contribution in [0, 0.1) is 0 Å². The van der Waals surface area contributed by atoms with Crippen LogP contribution in [-0.4, -0.2) is 116 Å². The zero-order valence-corrected chi connectivity index (χ0v) is 39.0. The second-order valence-corrected chi connectivity index (χ2v) is 20.3. The smallest absolute Gasteiger partial charge is 0.399 e. The second kappa shape index (κ2) is 22.5. The third-order valence-corrected chi connectivity index (χ3v) is 13.6. The molecule has 0 amide bonds. The molecule has 0 aliphatic heterocycles. The number of fused-ring (bicyclic) bond motifs is 2. The van der Waals surface area contributed by atoms with Crippen molar-refractivity contribution in [3.8, 4) is 0 Å². The van der Waals surface area contributed by atoms with E-state index in [1.165, 1.54) is 64.1 Å². The van der Waals surface area contributed by atoms with Crippen LogP contribution in [0.15, 0.2) is 117 Å². The summed E-state index contributed by atoms with van der Waals surface area (Å²) in [4.78, 5) is 16.0. The number of benzene rings is 2. The van der Waals surface area contributed by atoms with Crippen LogP contribution < -0.4 is 25.7 Å². The highest BCUT2D eigenvalue weighted by Crippen LogP contribution is 2.24. The van der Waals surface area contributed by atoms with E-state index in [4.69, 9.17) is 5.73 Å². The van der Waals surface area contributed by atoms with E-state index in [0.29, 0.717) is 12.8 Å². The van der Waals surface area contributed by atoms with Gasteiger partial charge in [-0.05, 0) is 67.6 Å². The minimum absolute atomic E-state index is 0.101. The maximum absolute atomic E-state index is 11.8. The summed E-state index contributed by atoms with van der Waals surface area (Å²) in [6.07, 6.45) is 12.8. The zero-order valence-electron chi connectivity index (χ0n) is 35.7. The Morgan fingerprint density at radius 2 is 1.28 bits per heavy atom. The van der Waals surface area contributed by atoms with Crippen molar-refractivity contribution in [3.05, 3.63) is 117 Å². The highest BCUT2D eigenvalue weighted by Gasteiger charge is 2.46. The molecular weight excluding hydrogens is 944 g/mol. The van der Waals surface area contributed by atoms with Gasteiger partial charge < -0.3 is 16.4 Å². The summed E-state index contributed by atoms with van der Waals surface area (Å²) in [5.74, 6) is 1.75. The number of nitrogens with two attached hydrogens (primary N) is 1. The van der Waals surface area contributed by atoms with Crippen LogP contribution in [-0.2, 0) is 51.8 Å². The number of halogens is 3. The topological polar surface area (TPSA) is 281 Å². The highest BCUT2D eigenvalue weighted by atomic mass is 32.2. The molecule has 65 heavy (non-hydrogen) atoms. The molecule has 0 unspecified atom stereocenters. The number of nitrogen functional groups attached to an aromatic ring is 1. The van der Waals surface area contributed by atoms with Crippen LogP contribution in [0.2, 0.25) is 0 Å². The van der Waals surface area contributed by atoms with Crippen LogP contribution in [0.5, 0.6) is 0 Å². The van der Waals surface area contributed by atoms with Crippen molar-refractivity contribution in [3.63, 3.8) is 0 Å². The van der Waals surface area contributed by atoms with E-state index >= 15 is 0 Å². The van der Waals surface area contributed by atoms with Crippen molar-refractivity contribution in [1.29, 1.82) is 0 Å². The van der Waals surface area contributed by atoms with Crippen molar-refractivity contribution in [2.24, 2.45) is 7.05 Å². The minimum Gasteiger partial charge on any atom is -0.399 e. The van der Waals surface area contributed by atoms with Gasteiger partial charge in [0, 0.05) is 69.4 Å². The van der Waals surface area contributed by atoms with Crippen molar-refractivity contribution in [2.75, 3.05) is 62.1 Å². The van der Waals surface area contributed by atoms with Gasteiger partial charge in [-0.2, -0.15) is 46.7 Å². The molecule has 7 rings (SSSR count). The second-order valence-electron chi connectivity index (χ2n) is 12.8. The van der Waals surface area contributed by atoms with Crippen LogP contribution in [0.3, 0.4) is 0 Å². The molecule has 7 aromatic rings. The number of anilines is 4. The number of hydrogen-bond donors (Lipinski definition) is 4. The Morgan fingerprint density at radius 3 is 1.69 bits per heavy atom. The van der Waals surface area contributed by atoms with Gasteiger partial charge in [0.05, 0.1) is 36.6 Å². The molecule has 0 saturated carbocycles. The SMILES string of the molecule is CCS(=O)(=O)n1ccnc1.CNc1ccc2cc(N)ccc2n1.CNc1ccc2cc(NS(=O)(=O)N(C)C)ccc2n1.COS(=O)(=O)C(F)(F)F.C[n+]1ccn(S(=O)(=O)n2ccnc2)c1. The standard InChI is InChI=1S/C12H16N4O2S.C10H11N3.C7H9N4O2S.C5H8N2O2S.C2H3F3O3S/c1-13-12-7-4-9-8-10(5-6-11(9)14-12)15-19(17,18)16(2)3;1-12-10-5-2-7-6-8(11)3-4-9(7)13-10;1-9-4-5-11(7-9)14(12,13)10-3-2-8-6-10;1-2-10(8,9)7-4-3-6-5-7;1-8-9(6,7)2(3,4)5/h4-8,15H,1-3H3,(H,13,14);2-6H,11H2,1H3,(H,12,13);2-7H,1H3;3-5H,2H2,1H3;1H3/q;;+1;;. The molecule has 0 spiro atoms. The average molecular weight is 991 g/mol. The number of rotatable bonds is 10. The van der Waals surface area contributed by atoms with E-state index in [0.717, 1.165) is 55.4 Å². The summed E-state index contributed by atoms with van der Waals surface area (Å²) < 4.78 is 133. The number of hydrogen-bond acceptors (Lipinski definition) is 16. The highest BCUT2D eigenvalue weighted by molar-refractivity contribution is 7.90. The van der Waals surface area contributed by atoms with Gasteiger partial charge in [0.2, 0.25) is 10.0 Å². The predicted octanol–water partition coefficient (Wildman–Crippen LogP) is 3.07. The quantitative estimate of drug-likeness (QED) is 0.0663. The van der Waals surface area contributed by atoms with Gasteiger partial charge in [0.1, 0.15) is 36.7 Å². The molecule has 5 N–H and O–H groups in total. The van der Waals surface area contributed by atoms with E-state index in [1.54, 1.807) is 50.0 Å². The van der Waals surface area contributed by atoms with Gasteiger partial charge in [0.25, 0.3) is 6.33 Å². The zero-order chi connectivity index (χ0) is 48.8. The first-order valence-corrected chi connectivity index (χ1v) is 24.1. The molecule has 5 heterocycles. The fraction of sp³-hybridized carbons (Fsp3) is 0.250. The molecule has 29 heteroatoms. The fourth-order valence-corrected chi connectivity index (χ4v) is 7.17. The van der Waals surface area contributed by atoms with Crippen LogP contribution >= 0.6 is 0 Å². The van der Waals surface area contributed by atoms with Crippen molar-refractivity contribution in [1.82, 2.24) is 36.2 Å². The molecule has 0 aliphatic carbocycles. The van der Waals surface area contributed by atoms with Crippen molar-refractivity contribution < 1.29 is 55.6 Å². The first-order valence-electron chi connectivity index (χ1n) is 18.3.